The van der Waals surface area contributed by atoms with Gasteiger partial charge in [0.1, 0.15) is 10.7 Å². The summed E-state index contributed by atoms with van der Waals surface area (Å²) in [5.74, 6) is 1.05. The first-order chi connectivity index (χ1) is 13.3. The molecule has 1 aliphatic carbocycles. The van der Waals surface area contributed by atoms with Crippen molar-refractivity contribution in [2.45, 2.75) is 46.5 Å². The zero-order valence-electron chi connectivity index (χ0n) is 16.3. The molecule has 2 aromatic heterocycles. The first kappa shape index (κ1) is 18.6. The highest BCUT2D eigenvalue weighted by molar-refractivity contribution is 7.20. The Bertz CT molecular complexity index is 1120. The van der Waals surface area contributed by atoms with Crippen molar-refractivity contribution < 1.29 is 9.59 Å². The van der Waals surface area contributed by atoms with E-state index in [1.807, 2.05) is 32.9 Å². The van der Waals surface area contributed by atoms with Gasteiger partial charge in [0, 0.05) is 29.6 Å². The van der Waals surface area contributed by atoms with Crippen molar-refractivity contribution in [2.24, 2.45) is 0 Å². The number of thiophene rings is 1. The van der Waals surface area contributed by atoms with Gasteiger partial charge in [0.15, 0.2) is 0 Å². The standard InChI is InChI=1S/C21H22N4O2S/c1-10-5-8-15(23-13(4)26)9-16(10)24-20(27)18-11(2)17-12(3)22-19(14-6-7-14)25-21(17)28-18/h5,8-9,14H,6-7H2,1-4H3,(H,23,26)(H,24,27). The number of nitrogens with zero attached hydrogens (tertiary/aromatic N) is 2. The molecule has 0 radical (unpaired) electrons. The fourth-order valence-corrected chi connectivity index (χ4v) is 4.45. The Morgan fingerprint density at radius 1 is 1.11 bits per heavy atom. The van der Waals surface area contributed by atoms with E-state index in [1.54, 1.807) is 6.07 Å². The number of fused-ring (bicyclic) bond motifs is 1. The molecular weight excluding hydrogens is 372 g/mol. The summed E-state index contributed by atoms with van der Waals surface area (Å²) in [7, 11) is 0. The highest BCUT2D eigenvalue weighted by Crippen LogP contribution is 2.40. The molecule has 2 N–H and O–H groups in total. The van der Waals surface area contributed by atoms with Crippen LogP contribution in [0.2, 0.25) is 0 Å². The molecule has 28 heavy (non-hydrogen) atoms. The number of amides is 2. The predicted molar refractivity (Wildman–Crippen MR) is 112 cm³/mol. The average Bonchev–Trinajstić information content (AvgIpc) is 3.41. The number of nitrogens with one attached hydrogen (secondary N) is 2. The third-order valence-corrected chi connectivity index (χ3v) is 6.13. The zero-order valence-corrected chi connectivity index (χ0v) is 17.2. The van der Waals surface area contributed by atoms with E-state index in [0.717, 1.165) is 45.7 Å². The molecule has 1 saturated carbocycles. The second kappa shape index (κ2) is 6.98. The Balaban J connectivity index is 1.67. The largest absolute Gasteiger partial charge is 0.326 e. The molecule has 2 heterocycles. The third kappa shape index (κ3) is 3.49. The van der Waals surface area contributed by atoms with Crippen LogP contribution in [0.3, 0.4) is 0 Å². The minimum absolute atomic E-state index is 0.151. The van der Waals surface area contributed by atoms with Crippen molar-refractivity contribution in [1.29, 1.82) is 0 Å². The molecule has 0 aliphatic heterocycles. The van der Waals surface area contributed by atoms with Gasteiger partial charge in [0.25, 0.3) is 5.91 Å². The van der Waals surface area contributed by atoms with E-state index >= 15 is 0 Å². The number of aryl methyl sites for hydroxylation is 3. The van der Waals surface area contributed by atoms with Crippen LogP contribution in [0.5, 0.6) is 0 Å². The maximum absolute atomic E-state index is 13.0. The fourth-order valence-electron chi connectivity index (χ4n) is 3.32. The van der Waals surface area contributed by atoms with Gasteiger partial charge in [-0.25, -0.2) is 9.97 Å². The van der Waals surface area contributed by atoms with E-state index in [-0.39, 0.29) is 11.8 Å². The Labute approximate surface area is 167 Å². The molecule has 0 spiro atoms. The minimum Gasteiger partial charge on any atom is -0.326 e. The number of benzene rings is 1. The van der Waals surface area contributed by atoms with E-state index in [2.05, 4.69) is 15.6 Å². The summed E-state index contributed by atoms with van der Waals surface area (Å²) >= 11 is 1.41. The van der Waals surface area contributed by atoms with Crippen molar-refractivity contribution >= 4 is 44.7 Å². The lowest BCUT2D eigenvalue weighted by atomic mass is 10.1. The second-order valence-corrected chi connectivity index (χ2v) is 8.34. The summed E-state index contributed by atoms with van der Waals surface area (Å²) in [5, 5.41) is 6.70. The van der Waals surface area contributed by atoms with Gasteiger partial charge < -0.3 is 10.6 Å². The molecule has 1 fully saturated rings. The van der Waals surface area contributed by atoms with Gasteiger partial charge >= 0.3 is 0 Å². The monoisotopic (exact) mass is 394 g/mol. The Morgan fingerprint density at radius 3 is 2.54 bits per heavy atom. The number of rotatable bonds is 4. The van der Waals surface area contributed by atoms with Crippen molar-refractivity contribution in [1.82, 2.24) is 9.97 Å². The van der Waals surface area contributed by atoms with Gasteiger partial charge in [-0.15, -0.1) is 11.3 Å². The maximum atomic E-state index is 13.0. The van der Waals surface area contributed by atoms with Crippen LogP contribution in [-0.4, -0.2) is 21.8 Å². The number of aromatic nitrogens is 2. The summed E-state index contributed by atoms with van der Waals surface area (Å²) in [6, 6.07) is 5.46. The second-order valence-electron chi connectivity index (χ2n) is 7.34. The minimum atomic E-state index is -0.170. The maximum Gasteiger partial charge on any atom is 0.266 e. The molecule has 2 amide bonds. The molecule has 1 aromatic carbocycles. The lowest BCUT2D eigenvalue weighted by Gasteiger charge is -2.11. The topological polar surface area (TPSA) is 84.0 Å². The normalized spacial score (nSPS) is 13.6. The molecule has 3 aromatic rings. The van der Waals surface area contributed by atoms with E-state index in [1.165, 1.54) is 18.3 Å². The molecule has 0 bridgehead atoms. The van der Waals surface area contributed by atoms with Gasteiger partial charge in [-0.1, -0.05) is 6.07 Å². The summed E-state index contributed by atoms with van der Waals surface area (Å²) in [4.78, 5) is 35.2. The lowest BCUT2D eigenvalue weighted by Crippen LogP contribution is -2.13. The quantitative estimate of drug-likeness (QED) is 0.671. The van der Waals surface area contributed by atoms with E-state index in [9.17, 15) is 9.59 Å². The summed E-state index contributed by atoms with van der Waals surface area (Å²) in [5.41, 5.74) is 4.09. The number of carbonyl (C=O) groups is 2. The SMILES string of the molecule is CC(=O)Nc1ccc(C)c(NC(=O)c2sc3nc(C4CC4)nc(C)c3c2C)c1. The highest BCUT2D eigenvalue weighted by atomic mass is 32.1. The van der Waals surface area contributed by atoms with Crippen LogP contribution in [0.4, 0.5) is 11.4 Å². The predicted octanol–water partition coefficient (Wildman–Crippen LogP) is 4.70. The van der Waals surface area contributed by atoms with Crippen molar-refractivity contribution in [3.05, 3.63) is 45.7 Å². The molecule has 144 valence electrons. The molecular formula is C21H22N4O2S. The Morgan fingerprint density at radius 2 is 1.86 bits per heavy atom. The molecule has 6 nitrogen and oxygen atoms in total. The zero-order chi connectivity index (χ0) is 20.0. The number of hydrogen-bond acceptors (Lipinski definition) is 5. The van der Waals surface area contributed by atoms with Crippen molar-refractivity contribution in [3.8, 4) is 0 Å². The fraction of sp³-hybridized carbons (Fsp3) is 0.333. The van der Waals surface area contributed by atoms with Gasteiger partial charge in [-0.05, 0) is 56.9 Å². The Hall–Kier alpha value is -2.80. The summed E-state index contributed by atoms with van der Waals surface area (Å²) in [6.07, 6.45) is 2.29. The Kier molecular flexibility index (Phi) is 4.63. The average molecular weight is 395 g/mol. The molecule has 1 aliphatic rings. The van der Waals surface area contributed by atoms with Gasteiger partial charge in [-0.3, -0.25) is 9.59 Å². The van der Waals surface area contributed by atoms with Crippen LogP contribution in [-0.2, 0) is 4.79 Å². The van der Waals surface area contributed by atoms with Crippen LogP contribution >= 0.6 is 11.3 Å². The van der Waals surface area contributed by atoms with Gasteiger partial charge in [0.05, 0.1) is 10.6 Å². The number of carbonyl (C=O) groups excluding carboxylic acids is 2. The first-order valence-corrected chi connectivity index (χ1v) is 10.1. The number of anilines is 2. The van der Waals surface area contributed by atoms with Crippen molar-refractivity contribution in [2.75, 3.05) is 10.6 Å². The van der Waals surface area contributed by atoms with E-state index in [0.29, 0.717) is 22.2 Å². The molecule has 0 unspecified atom stereocenters. The van der Waals surface area contributed by atoms with Crippen molar-refractivity contribution in [3.63, 3.8) is 0 Å². The lowest BCUT2D eigenvalue weighted by molar-refractivity contribution is -0.114. The van der Waals surface area contributed by atoms with E-state index < -0.39 is 0 Å². The van der Waals surface area contributed by atoms with Crippen LogP contribution in [0.1, 0.15) is 58.0 Å². The molecule has 0 atom stereocenters. The highest BCUT2D eigenvalue weighted by Gasteiger charge is 2.28. The summed E-state index contributed by atoms with van der Waals surface area (Å²) < 4.78 is 0. The summed E-state index contributed by atoms with van der Waals surface area (Å²) in [6.45, 7) is 7.31. The van der Waals surface area contributed by atoms with Crippen LogP contribution < -0.4 is 10.6 Å². The third-order valence-electron chi connectivity index (χ3n) is 4.94. The van der Waals surface area contributed by atoms with Crippen LogP contribution in [0.25, 0.3) is 10.2 Å². The van der Waals surface area contributed by atoms with Crippen LogP contribution in [0, 0.1) is 20.8 Å². The van der Waals surface area contributed by atoms with E-state index in [4.69, 9.17) is 4.98 Å². The number of hydrogen-bond donors (Lipinski definition) is 2. The molecule has 4 rings (SSSR count). The smallest absolute Gasteiger partial charge is 0.266 e. The van der Waals surface area contributed by atoms with Crippen LogP contribution in [0.15, 0.2) is 18.2 Å². The molecule has 0 saturated heterocycles. The molecule has 7 heteroatoms. The van der Waals surface area contributed by atoms with Gasteiger partial charge in [-0.2, -0.15) is 0 Å². The van der Waals surface area contributed by atoms with Gasteiger partial charge in [0.2, 0.25) is 5.91 Å². The first-order valence-electron chi connectivity index (χ1n) is 9.30.